The zero-order valence-corrected chi connectivity index (χ0v) is 16.7. The highest BCUT2D eigenvalue weighted by molar-refractivity contribution is 9.10. The van der Waals surface area contributed by atoms with Crippen LogP contribution in [-0.2, 0) is 4.79 Å². The second kappa shape index (κ2) is 10.5. The van der Waals surface area contributed by atoms with Crippen molar-refractivity contribution in [2.24, 2.45) is 11.1 Å². The van der Waals surface area contributed by atoms with Crippen molar-refractivity contribution in [2.75, 3.05) is 32.0 Å². The van der Waals surface area contributed by atoms with Crippen molar-refractivity contribution < 1.29 is 9.59 Å². The molecule has 0 saturated heterocycles. The van der Waals surface area contributed by atoms with Crippen LogP contribution >= 0.6 is 28.3 Å². The summed E-state index contributed by atoms with van der Waals surface area (Å²) in [5, 5.41) is 5.38. The van der Waals surface area contributed by atoms with Gasteiger partial charge in [-0.25, -0.2) is 4.79 Å². The molecule has 0 aliphatic heterocycles. The molecule has 0 unspecified atom stereocenters. The van der Waals surface area contributed by atoms with E-state index in [0.29, 0.717) is 18.8 Å². The van der Waals surface area contributed by atoms with Crippen LogP contribution < -0.4 is 16.4 Å². The number of hydrogen-bond acceptors (Lipinski definition) is 3. The number of carbonyl (C=O) groups excluding carboxylic acids is 2. The molecule has 0 heterocycles. The lowest BCUT2D eigenvalue weighted by atomic mass is 9.93. The van der Waals surface area contributed by atoms with E-state index in [1.807, 2.05) is 26.0 Å². The number of nitrogens with two attached hydrogens (primary N) is 1. The molecule has 0 fully saturated rings. The molecule has 0 aliphatic rings. The van der Waals surface area contributed by atoms with Gasteiger partial charge in [-0.15, -0.1) is 12.4 Å². The minimum absolute atomic E-state index is 0. The van der Waals surface area contributed by atoms with Gasteiger partial charge >= 0.3 is 6.03 Å². The van der Waals surface area contributed by atoms with Gasteiger partial charge in [0.1, 0.15) is 0 Å². The van der Waals surface area contributed by atoms with Gasteiger partial charge in [0.25, 0.3) is 0 Å². The normalized spacial score (nSPS) is 10.5. The van der Waals surface area contributed by atoms with Crippen LogP contribution in [0.4, 0.5) is 10.5 Å². The maximum atomic E-state index is 12.0. The van der Waals surface area contributed by atoms with Gasteiger partial charge in [0.2, 0.25) is 5.91 Å². The minimum atomic E-state index is -0.329. The maximum Gasteiger partial charge on any atom is 0.319 e. The molecule has 3 amide bonds. The van der Waals surface area contributed by atoms with Crippen molar-refractivity contribution in [3.63, 3.8) is 0 Å². The Hall–Kier alpha value is -1.31. The summed E-state index contributed by atoms with van der Waals surface area (Å²) < 4.78 is 0.942. The first kappa shape index (κ1) is 22.7. The number of halogens is 2. The van der Waals surface area contributed by atoms with Crippen LogP contribution in [0.1, 0.15) is 20.3 Å². The topological polar surface area (TPSA) is 87.5 Å². The van der Waals surface area contributed by atoms with E-state index in [2.05, 4.69) is 26.6 Å². The molecule has 0 aromatic heterocycles. The summed E-state index contributed by atoms with van der Waals surface area (Å²) in [6.45, 7) is 5.42. The molecule has 0 atom stereocenters. The van der Waals surface area contributed by atoms with Crippen LogP contribution in [0.5, 0.6) is 0 Å². The Morgan fingerprint density at radius 1 is 1.25 bits per heavy atom. The second-order valence-electron chi connectivity index (χ2n) is 6.26. The number of hydrogen-bond donors (Lipinski definition) is 3. The molecule has 136 valence electrons. The molecular weight excluding hydrogens is 396 g/mol. The standard InChI is InChI=1S/C16H25BrN4O2.ClH/c1-16(2,10-18)11-21(3)14(22)8-9-19-15(23)20-13-6-4-12(17)5-7-13;/h4-7H,8-11,18H2,1-3H3,(H2,19,20,23);1H. The fourth-order valence-electron chi connectivity index (χ4n) is 1.98. The Kier molecular flexibility index (Phi) is 9.96. The van der Waals surface area contributed by atoms with E-state index in [4.69, 9.17) is 5.73 Å². The maximum absolute atomic E-state index is 12.0. The van der Waals surface area contributed by atoms with Crippen molar-refractivity contribution in [2.45, 2.75) is 20.3 Å². The molecule has 0 bridgehead atoms. The van der Waals surface area contributed by atoms with Gasteiger partial charge in [-0.3, -0.25) is 4.79 Å². The van der Waals surface area contributed by atoms with E-state index in [1.54, 1.807) is 24.1 Å². The molecule has 4 N–H and O–H groups in total. The summed E-state index contributed by atoms with van der Waals surface area (Å²) in [5.74, 6) is -0.0181. The molecule has 0 saturated carbocycles. The lowest BCUT2D eigenvalue weighted by molar-refractivity contribution is -0.130. The van der Waals surface area contributed by atoms with Crippen molar-refractivity contribution in [3.8, 4) is 0 Å². The number of nitrogens with one attached hydrogen (secondary N) is 2. The van der Waals surface area contributed by atoms with Crippen molar-refractivity contribution in [1.82, 2.24) is 10.2 Å². The van der Waals surface area contributed by atoms with Crippen LogP contribution in [0.2, 0.25) is 0 Å². The lowest BCUT2D eigenvalue weighted by Gasteiger charge is -2.29. The van der Waals surface area contributed by atoms with E-state index >= 15 is 0 Å². The zero-order chi connectivity index (χ0) is 17.5. The Balaban J connectivity index is 0.00000529. The van der Waals surface area contributed by atoms with Gasteiger partial charge in [0, 0.05) is 36.7 Å². The van der Waals surface area contributed by atoms with Gasteiger partial charge in [-0.1, -0.05) is 29.8 Å². The average Bonchev–Trinajstić information content (AvgIpc) is 2.49. The molecule has 0 spiro atoms. The lowest BCUT2D eigenvalue weighted by Crippen LogP contribution is -2.41. The van der Waals surface area contributed by atoms with E-state index in [9.17, 15) is 9.59 Å². The highest BCUT2D eigenvalue weighted by atomic mass is 79.9. The number of rotatable bonds is 7. The molecule has 8 heteroatoms. The fourth-order valence-corrected chi connectivity index (χ4v) is 2.24. The summed E-state index contributed by atoms with van der Waals surface area (Å²) >= 11 is 3.33. The summed E-state index contributed by atoms with van der Waals surface area (Å²) in [6.07, 6.45) is 0.255. The van der Waals surface area contributed by atoms with E-state index < -0.39 is 0 Å². The largest absolute Gasteiger partial charge is 0.345 e. The number of amides is 3. The predicted octanol–water partition coefficient (Wildman–Crippen LogP) is 2.83. The number of nitrogens with zero attached hydrogens (tertiary/aromatic N) is 1. The number of benzene rings is 1. The molecule has 1 rings (SSSR count). The number of urea groups is 1. The van der Waals surface area contributed by atoms with Crippen LogP contribution in [0.3, 0.4) is 0 Å². The molecule has 0 radical (unpaired) electrons. The van der Waals surface area contributed by atoms with Crippen molar-refractivity contribution >= 4 is 46.0 Å². The molecule has 1 aromatic carbocycles. The third kappa shape index (κ3) is 8.52. The molecule has 6 nitrogen and oxygen atoms in total. The van der Waals surface area contributed by atoms with Gasteiger partial charge in [0.05, 0.1) is 0 Å². The molecule has 24 heavy (non-hydrogen) atoms. The molecule has 1 aromatic rings. The van der Waals surface area contributed by atoms with Gasteiger partial charge in [-0.05, 0) is 36.2 Å². The monoisotopic (exact) mass is 420 g/mol. The molecular formula is C16H26BrClN4O2. The SMILES string of the molecule is CN(CC(C)(C)CN)C(=O)CCNC(=O)Nc1ccc(Br)cc1.Cl. The van der Waals surface area contributed by atoms with Gasteiger partial charge in [0.15, 0.2) is 0 Å². The highest BCUT2D eigenvalue weighted by Crippen LogP contribution is 2.15. The smallest absolute Gasteiger partial charge is 0.319 e. The van der Waals surface area contributed by atoms with Crippen LogP contribution in [0.15, 0.2) is 28.7 Å². The number of carbonyl (C=O) groups is 2. The fraction of sp³-hybridized carbons (Fsp3) is 0.500. The van der Waals surface area contributed by atoms with Crippen molar-refractivity contribution in [3.05, 3.63) is 28.7 Å². The predicted molar refractivity (Wildman–Crippen MR) is 104 cm³/mol. The third-order valence-corrected chi connectivity index (χ3v) is 3.90. The second-order valence-corrected chi connectivity index (χ2v) is 7.17. The quantitative estimate of drug-likeness (QED) is 0.632. The third-order valence-electron chi connectivity index (χ3n) is 3.37. The first-order chi connectivity index (χ1) is 10.7. The van der Waals surface area contributed by atoms with E-state index in [0.717, 1.165) is 4.47 Å². The zero-order valence-electron chi connectivity index (χ0n) is 14.3. The van der Waals surface area contributed by atoms with Crippen LogP contribution in [-0.4, -0.2) is 43.5 Å². The Morgan fingerprint density at radius 3 is 2.38 bits per heavy atom. The van der Waals surface area contributed by atoms with Crippen LogP contribution in [0, 0.1) is 5.41 Å². The minimum Gasteiger partial charge on any atom is -0.345 e. The Bertz CT molecular complexity index is 537. The number of anilines is 1. The van der Waals surface area contributed by atoms with E-state index in [-0.39, 0.29) is 42.7 Å². The van der Waals surface area contributed by atoms with E-state index in [1.165, 1.54) is 0 Å². The van der Waals surface area contributed by atoms with Gasteiger partial charge < -0.3 is 21.3 Å². The van der Waals surface area contributed by atoms with Crippen LogP contribution in [0.25, 0.3) is 0 Å². The first-order valence-electron chi connectivity index (χ1n) is 7.48. The summed E-state index contributed by atoms with van der Waals surface area (Å²) in [5.41, 5.74) is 6.25. The first-order valence-corrected chi connectivity index (χ1v) is 8.27. The summed E-state index contributed by atoms with van der Waals surface area (Å²) in [7, 11) is 1.75. The molecule has 0 aliphatic carbocycles. The highest BCUT2D eigenvalue weighted by Gasteiger charge is 2.20. The van der Waals surface area contributed by atoms with Crippen molar-refractivity contribution in [1.29, 1.82) is 0 Å². The van der Waals surface area contributed by atoms with Gasteiger partial charge in [-0.2, -0.15) is 0 Å². The summed E-state index contributed by atoms with van der Waals surface area (Å²) in [4.78, 5) is 25.4. The average molecular weight is 422 g/mol. The Labute approximate surface area is 158 Å². The summed E-state index contributed by atoms with van der Waals surface area (Å²) in [6, 6.07) is 6.93. The Morgan fingerprint density at radius 2 is 1.83 bits per heavy atom.